The maximum Gasteiger partial charge on any atom is 0.160 e. The predicted molar refractivity (Wildman–Crippen MR) is 70.2 cm³/mol. The van der Waals surface area contributed by atoms with Crippen LogP contribution in [0.2, 0.25) is 0 Å². The number of Topliss-reactive ketones (excluding diaryl/α,β-unsaturated/α-hetero) is 1. The number of carbonyl (C=O) groups excluding carboxylic acids is 1. The number of ether oxygens (including phenoxy) is 4. The molecule has 0 spiro atoms. The number of carbonyl (C=O) groups is 1. The Bertz CT molecular complexity index is 225. The molecule has 0 aliphatic heterocycles. The first-order chi connectivity index (χ1) is 9.68. The van der Waals surface area contributed by atoms with E-state index in [1.54, 1.807) is 0 Å². The molecule has 0 rings (SSSR count). The molecule has 0 amide bonds. The summed E-state index contributed by atoms with van der Waals surface area (Å²) < 4.78 is 31.8. The second kappa shape index (κ2) is 14.8. The maximum absolute atomic E-state index is 11.2. The number of rotatable bonds is 15. The van der Waals surface area contributed by atoms with Gasteiger partial charge in [-0.2, -0.15) is 4.94 Å². The van der Waals surface area contributed by atoms with Gasteiger partial charge in [-0.05, 0) is 4.53 Å². The molecule has 0 heterocycles. The standard InChI is InChI=1S/C13H25FO6/c1-12(2)13(15)11-19-8-7-17-4-3-16-5-6-18-9-10-20-14/h12H,3-11H2,1-2H3. The van der Waals surface area contributed by atoms with Crippen LogP contribution in [0.4, 0.5) is 4.53 Å². The molecule has 120 valence electrons. The summed E-state index contributed by atoms with van der Waals surface area (Å²) in [6.45, 7) is 6.51. The molecule has 0 aromatic rings. The van der Waals surface area contributed by atoms with Crippen molar-refractivity contribution < 1.29 is 33.2 Å². The van der Waals surface area contributed by atoms with E-state index in [-0.39, 0.29) is 31.5 Å². The van der Waals surface area contributed by atoms with Gasteiger partial charge in [-0.25, -0.2) is 0 Å². The highest BCUT2D eigenvalue weighted by Gasteiger charge is 2.06. The highest BCUT2D eigenvalue weighted by atomic mass is 19.3. The van der Waals surface area contributed by atoms with E-state index in [1.807, 2.05) is 13.8 Å². The molecule has 0 fully saturated rings. The van der Waals surface area contributed by atoms with Gasteiger partial charge in [0.25, 0.3) is 0 Å². The lowest BCUT2D eigenvalue weighted by Gasteiger charge is -2.07. The Morgan fingerprint density at radius 2 is 1.20 bits per heavy atom. The van der Waals surface area contributed by atoms with E-state index < -0.39 is 0 Å². The normalized spacial score (nSPS) is 11.2. The molecule has 0 aromatic carbocycles. The van der Waals surface area contributed by atoms with Gasteiger partial charge in [-0.15, -0.1) is 0 Å². The highest BCUT2D eigenvalue weighted by molar-refractivity contribution is 5.81. The molecular formula is C13H25FO6. The molecule has 0 aromatic heterocycles. The van der Waals surface area contributed by atoms with Crippen LogP contribution in [-0.2, 0) is 28.7 Å². The van der Waals surface area contributed by atoms with E-state index in [9.17, 15) is 9.32 Å². The number of hydrogen-bond donors (Lipinski definition) is 0. The smallest absolute Gasteiger partial charge is 0.160 e. The van der Waals surface area contributed by atoms with Crippen LogP contribution in [0.5, 0.6) is 0 Å². The van der Waals surface area contributed by atoms with Crippen molar-refractivity contribution in [2.45, 2.75) is 13.8 Å². The van der Waals surface area contributed by atoms with Crippen LogP contribution in [0.1, 0.15) is 13.8 Å². The number of halogens is 1. The third-order valence-electron chi connectivity index (χ3n) is 2.31. The molecule has 0 aliphatic rings. The quantitative estimate of drug-likeness (QED) is 0.423. The van der Waals surface area contributed by atoms with Gasteiger partial charge in [0.15, 0.2) is 5.78 Å². The van der Waals surface area contributed by atoms with Crippen molar-refractivity contribution in [1.82, 2.24) is 0 Å². The summed E-state index contributed by atoms with van der Waals surface area (Å²) in [6, 6.07) is 0. The Kier molecular flexibility index (Phi) is 14.4. The van der Waals surface area contributed by atoms with Crippen LogP contribution in [0, 0.1) is 5.92 Å². The van der Waals surface area contributed by atoms with Gasteiger partial charge in [0.2, 0.25) is 0 Å². The summed E-state index contributed by atoms with van der Waals surface area (Å²) in [4.78, 5) is 14.6. The zero-order chi connectivity index (χ0) is 15.1. The predicted octanol–water partition coefficient (Wildman–Crippen LogP) is 1.18. The Hall–Kier alpha value is -0.600. The Morgan fingerprint density at radius 3 is 1.60 bits per heavy atom. The highest BCUT2D eigenvalue weighted by Crippen LogP contribution is 1.94. The Labute approximate surface area is 119 Å². The van der Waals surface area contributed by atoms with Gasteiger partial charge < -0.3 is 18.9 Å². The van der Waals surface area contributed by atoms with Crippen LogP contribution >= 0.6 is 0 Å². The van der Waals surface area contributed by atoms with Crippen molar-refractivity contribution >= 4 is 5.78 Å². The van der Waals surface area contributed by atoms with Crippen LogP contribution in [0.3, 0.4) is 0 Å². The topological polar surface area (TPSA) is 63.2 Å². The maximum atomic E-state index is 11.2. The molecule has 20 heavy (non-hydrogen) atoms. The van der Waals surface area contributed by atoms with Crippen LogP contribution in [0.25, 0.3) is 0 Å². The minimum absolute atomic E-state index is 0.00278. The van der Waals surface area contributed by atoms with Gasteiger partial charge in [0.1, 0.15) is 13.2 Å². The zero-order valence-electron chi connectivity index (χ0n) is 12.3. The fourth-order valence-electron chi connectivity index (χ4n) is 1.09. The van der Waals surface area contributed by atoms with Crippen LogP contribution in [0.15, 0.2) is 0 Å². The minimum atomic E-state index is -0.0670. The van der Waals surface area contributed by atoms with Gasteiger partial charge in [-0.3, -0.25) is 4.79 Å². The van der Waals surface area contributed by atoms with Crippen molar-refractivity contribution in [2.24, 2.45) is 5.92 Å². The summed E-state index contributed by atoms with van der Waals surface area (Å²) in [5.41, 5.74) is 0. The molecule has 0 unspecified atom stereocenters. The van der Waals surface area contributed by atoms with E-state index in [4.69, 9.17) is 18.9 Å². The monoisotopic (exact) mass is 296 g/mol. The number of ketones is 1. The summed E-state index contributed by atoms with van der Waals surface area (Å²) in [6.07, 6.45) is 0. The fraction of sp³-hybridized carbons (Fsp3) is 0.923. The Morgan fingerprint density at radius 1 is 0.800 bits per heavy atom. The molecule has 0 bridgehead atoms. The van der Waals surface area contributed by atoms with E-state index in [0.717, 1.165) is 0 Å². The summed E-state index contributed by atoms with van der Waals surface area (Å²) in [7, 11) is 0. The summed E-state index contributed by atoms with van der Waals surface area (Å²) in [5, 5.41) is 0. The van der Waals surface area contributed by atoms with Crippen molar-refractivity contribution in [1.29, 1.82) is 0 Å². The Balaban J connectivity index is 3.04. The lowest BCUT2D eigenvalue weighted by molar-refractivity contribution is -0.147. The second-order valence-electron chi connectivity index (χ2n) is 4.32. The van der Waals surface area contributed by atoms with E-state index in [1.165, 1.54) is 0 Å². The molecule has 0 N–H and O–H groups in total. The van der Waals surface area contributed by atoms with Crippen LogP contribution < -0.4 is 0 Å². The van der Waals surface area contributed by atoms with Gasteiger partial charge in [0.05, 0.1) is 46.2 Å². The van der Waals surface area contributed by atoms with Crippen molar-refractivity contribution in [3.63, 3.8) is 0 Å². The molecule has 0 aliphatic carbocycles. The average Bonchev–Trinajstić information content (AvgIpc) is 2.43. The van der Waals surface area contributed by atoms with E-state index >= 15 is 0 Å². The second-order valence-corrected chi connectivity index (χ2v) is 4.32. The van der Waals surface area contributed by atoms with Gasteiger partial charge in [0, 0.05) is 5.92 Å². The van der Waals surface area contributed by atoms with Crippen LogP contribution in [-0.4, -0.2) is 65.2 Å². The largest absolute Gasteiger partial charge is 0.377 e. The third-order valence-corrected chi connectivity index (χ3v) is 2.31. The fourth-order valence-corrected chi connectivity index (χ4v) is 1.09. The van der Waals surface area contributed by atoms with Gasteiger partial charge in [-0.1, -0.05) is 13.8 Å². The summed E-state index contributed by atoms with van der Waals surface area (Å²) >= 11 is 0. The first-order valence-corrected chi connectivity index (χ1v) is 6.75. The van der Waals surface area contributed by atoms with Crippen molar-refractivity contribution in [3.8, 4) is 0 Å². The summed E-state index contributed by atoms with van der Waals surface area (Å²) in [5.74, 6) is 0.0921. The van der Waals surface area contributed by atoms with Gasteiger partial charge >= 0.3 is 0 Å². The molecule has 0 radical (unpaired) electrons. The molecule has 0 atom stereocenters. The first-order valence-electron chi connectivity index (χ1n) is 6.75. The average molecular weight is 296 g/mol. The van der Waals surface area contributed by atoms with Crippen molar-refractivity contribution in [2.75, 3.05) is 59.5 Å². The van der Waals surface area contributed by atoms with E-state index in [0.29, 0.717) is 39.6 Å². The SMILES string of the molecule is CC(C)C(=O)COCCOCCOCCOCCOF. The minimum Gasteiger partial charge on any atom is -0.377 e. The third kappa shape index (κ3) is 13.8. The van der Waals surface area contributed by atoms with Crippen molar-refractivity contribution in [3.05, 3.63) is 0 Å². The number of hydrogen-bond acceptors (Lipinski definition) is 6. The molecule has 0 saturated carbocycles. The molecule has 0 saturated heterocycles. The molecule has 6 nitrogen and oxygen atoms in total. The lowest BCUT2D eigenvalue weighted by Crippen LogP contribution is -2.17. The lowest BCUT2D eigenvalue weighted by atomic mass is 10.1. The zero-order valence-corrected chi connectivity index (χ0v) is 12.3. The first kappa shape index (κ1) is 19.4. The van der Waals surface area contributed by atoms with E-state index in [2.05, 4.69) is 4.94 Å². The molecule has 7 heteroatoms. The molecular weight excluding hydrogens is 271 g/mol.